The van der Waals surface area contributed by atoms with E-state index in [0.717, 1.165) is 5.56 Å². The highest BCUT2D eigenvalue weighted by Crippen LogP contribution is 2.18. The van der Waals surface area contributed by atoms with Crippen LogP contribution in [0.4, 0.5) is 5.82 Å². The number of carbonyl (C=O) groups is 1. The Morgan fingerprint density at radius 1 is 1.48 bits per heavy atom. The summed E-state index contributed by atoms with van der Waals surface area (Å²) in [5, 5.41) is 6.11. The number of hydrogen-bond acceptors (Lipinski definition) is 4. The van der Waals surface area contributed by atoms with Crippen LogP contribution in [-0.4, -0.2) is 20.5 Å². The fraction of sp³-hybridized carbons (Fsp3) is 0.286. The average molecular weight is 327 g/mol. The number of hydrogen-bond donors (Lipinski definition) is 1. The predicted octanol–water partition coefficient (Wildman–Crippen LogP) is 2.91. The molecule has 0 radical (unpaired) electrons. The Labute approximate surface area is 130 Å². The molecule has 0 fully saturated rings. The molecule has 1 aromatic carbocycles. The Morgan fingerprint density at radius 2 is 2.19 bits per heavy atom. The Balaban J connectivity index is 1.98. The number of halogens is 1. The van der Waals surface area contributed by atoms with Crippen molar-refractivity contribution in [1.82, 2.24) is 5.16 Å². The van der Waals surface area contributed by atoms with Crippen molar-refractivity contribution in [3.05, 3.63) is 46.7 Å². The van der Waals surface area contributed by atoms with Gasteiger partial charge in [0, 0.05) is 21.9 Å². The van der Waals surface area contributed by atoms with E-state index in [-0.39, 0.29) is 11.7 Å². The zero-order valence-corrected chi connectivity index (χ0v) is 13.2. The van der Waals surface area contributed by atoms with Gasteiger partial charge in [0.05, 0.1) is 5.75 Å². The van der Waals surface area contributed by atoms with Crippen molar-refractivity contribution < 1.29 is 13.5 Å². The molecular formula is C14H15ClN2O3S. The third kappa shape index (κ3) is 4.15. The monoisotopic (exact) mass is 326 g/mol. The number of rotatable bonds is 5. The van der Waals surface area contributed by atoms with E-state index in [1.807, 2.05) is 6.07 Å². The van der Waals surface area contributed by atoms with Crippen LogP contribution in [0, 0.1) is 6.92 Å². The number of benzene rings is 1. The molecule has 1 amide bonds. The van der Waals surface area contributed by atoms with Gasteiger partial charge in [0.25, 0.3) is 0 Å². The van der Waals surface area contributed by atoms with E-state index < -0.39 is 16.0 Å². The van der Waals surface area contributed by atoms with Crippen molar-refractivity contribution in [3.8, 4) is 0 Å². The van der Waals surface area contributed by atoms with Gasteiger partial charge in [0.2, 0.25) is 5.91 Å². The molecule has 1 aromatic heterocycles. The van der Waals surface area contributed by atoms with Gasteiger partial charge in [0.1, 0.15) is 11.0 Å². The van der Waals surface area contributed by atoms with Gasteiger partial charge in [0.15, 0.2) is 5.82 Å². The second-order valence-electron chi connectivity index (χ2n) is 4.57. The zero-order chi connectivity index (χ0) is 15.4. The molecule has 0 aliphatic heterocycles. The largest absolute Gasteiger partial charge is 0.360 e. The summed E-state index contributed by atoms with van der Waals surface area (Å²) in [6.45, 7) is 3.33. The van der Waals surface area contributed by atoms with E-state index in [9.17, 15) is 9.00 Å². The van der Waals surface area contributed by atoms with E-state index in [2.05, 4.69) is 10.5 Å². The highest BCUT2D eigenvalue weighted by atomic mass is 35.5. The van der Waals surface area contributed by atoms with Crippen LogP contribution in [0.5, 0.6) is 0 Å². The molecule has 0 saturated heterocycles. The normalized spacial score (nSPS) is 13.7. The fourth-order valence-corrected chi connectivity index (χ4v) is 3.05. The van der Waals surface area contributed by atoms with Crippen molar-refractivity contribution in [2.45, 2.75) is 24.9 Å². The van der Waals surface area contributed by atoms with Crippen molar-refractivity contribution in [3.63, 3.8) is 0 Å². The second-order valence-corrected chi connectivity index (χ2v) is 6.74. The summed E-state index contributed by atoms with van der Waals surface area (Å²) >= 11 is 6.03. The summed E-state index contributed by atoms with van der Waals surface area (Å²) in [7, 11) is -1.38. The molecule has 0 aliphatic carbocycles. The lowest BCUT2D eigenvalue weighted by molar-refractivity contribution is -0.115. The Morgan fingerprint density at radius 3 is 2.81 bits per heavy atom. The van der Waals surface area contributed by atoms with Crippen molar-refractivity contribution in [2.24, 2.45) is 0 Å². The first kappa shape index (κ1) is 15.7. The Bertz CT molecular complexity index is 672. The summed E-state index contributed by atoms with van der Waals surface area (Å²) in [5.74, 6) is 0.773. The summed E-state index contributed by atoms with van der Waals surface area (Å²) in [6, 6.07) is 8.75. The van der Waals surface area contributed by atoms with Crippen LogP contribution in [0.15, 0.2) is 34.9 Å². The van der Waals surface area contributed by atoms with E-state index in [0.29, 0.717) is 16.6 Å². The summed E-state index contributed by atoms with van der Waals surface area (Å²) in [4.78, 5) is 12.0. The van der Waals surface area contributed by atoms with E-state index in [1.54, 1.807) is 38.1 Å². The third-order valence-electron chi connectivity index (χ3n) is 2.90. The first-order valence-corrected chi connectivity index (χ1v) is 8.08. The van der Waals surface area contributed by atoms with E-state index >= 15 is 0 Å². The minimum Gasteiger partial charge on any atom is -0.360 e. The lowest BCUT2D eigenvalue weighted by Gasteiger charge is -2.11. The van der Waals surface area contributed by atoms with Crippen LogP contribution in [0.2, 0.25) is 5.02 Å². The molecule has 112 valence electrons. The Kier molecular flexibility index (Phi) is 5.14. The van der Waals surface area contributed by atoms with Crippen LogP contribution >= 0.6 is 11.6 Å². The number of amides is 1. The summed E-state index contributed by atoms with van der Waals surface area (Å²) < 4.78 is 17.1. The van der Waals surface area contributed by atoms with Crippen LogP contribution < -0.4 is 5.32 Å². The van der Waals surface area contributed by atoms with Gasteiger partial charge < -0.3 is 9.84 Å². The second kappa shape index (κ2) is 6.87. The molecule has 1 heterocycles. The standard InChI is InChI=1S/C14H15ClN2O3S/c1-9-7-13(17-20-9)16-14(18)10(2)21(19)8-11-5-3-4-6-12(11)15/h3-7,10H,8H2,1-2H3,(H,16,17,18)/t10-,21+/m0/s1. The number of aryl methyl sites for hydroxylation is 1. The molecule has 1 N–H and O–H groups in total. The first-order valence-electron chi connectivity index (χ1n) is 6.32. The van der Waals surface area contributed by atoms with Crippen molar-refractivity contribution >= 4 is 34.1 Å². The topological polar surface area (TPSA) is 72.2 Å². The van der Waals surface area contributed by atoms with Gasteiger partial charge in [-0.05, 0) is 25.5 Å². The lowest BCUT2D eigenvalue weighted by atomic mass is 10.2. The van der Waals surface area contributed by atoms with Crippen molar-refractivity contribution in [2.75, 3.05) is 5.32 Å². The quantitative estimate of drug-likeness (QED) is 0.917. The molecule has 0 saturated carbocycles. The smallest absolute Gasteiger partial charge is 0.241 e. The van der Waals surface area contributed by atoms with E-state index in [1.165, 1.54) is 0 Å². The molecule has 0 aliphatic rings. The average Bonchev–Trinajstić information content (AvgIpc) is 2.85. The maximum Gasteiger partial charge on any atom is 0.241 e. The summed E-state index contributed by atoms with van der Waals surface area (Å²) in [6.07, 6.45) is 0. The summed E-state index contributed by atoms with van der Waals surface area (Å²) in [5.41, 5.74) is 0.759. The molecule has 2 rings (SSSR count). The molecule has 2 atom stereocenters. The SMILES string of the molecule is Cc1cc(NC(=O)[C@H](C)[S@](=O)Cc2ccccc2Cl)no1. The third-order valence-corrected chi connectivity index (χ3v) is 4.87. The number of nitrogens with one attached hydrogen (secondary N) is 1. The van der Waals surface area contributed by atoms with Crippen LogP contribution in [-0.2, 0) is 21.3 Å². The van der Waals surface area contributed by atoms with E-state index in [4.69, 9.17) is 16.1 Å². The van der Waals surface area contributed by atoms with Gasteiger partial charge in [-0.2, -0.15) is 0 Å². The molecule has 5 nitrogen and oxygen atoms in total. The molecule has 21 heavy (non-hydrogen) atoms. The highest BCUT2D eigenvalue weighted by Gasteiger charge is 2.21. The maximum absolute atomic E-state index is 12.2. The maximum atomic E-state index is 12.2. The van der Waals surface area contributed by atoms with Gasteiger partial charge >= 0.3 is 0 Å². The van der Waals surface area contributed by atoms with Gasteiger partial charge in [-0.25, -0.2) is 0 Å². The Hall–Kier alpha value is -1.66. The highest BCUT2D eigenvalue weighted by molar-refractivity contribution is 7.85. The molecule has 0 unspecified atom stereocenters. The van der Waals surface area contributed by atoms with Gasteiger partial charge in [-0.15, -0.1) is 0 Å². The molecular weight excluding hydrogens is 312 g/mol. The minimum absolute atomic E-state index is 0.228. The van der Waals surface area contributed by atoms with Gasteiger partial charge in [-0.3, -0.25) is 9.00 Å². The number of aromatic nitrogens is 1. The minimum atomic E-state index is -1.38. The number of carbonyl (C=O) groups excluding carboxylic acids is 1. The van der Waals surface area contributed by atoms with Crippen LogP contribution in [0.1, 0.15) is 18.2 Å². The molecule has 0 bridgehead atoms. The van der Waals surface area contributed by atoms with Crippen LogP contribution in [0.3, 0.4) is 0 Å². The first-order chi connectivity index (χ1) is 9.97. The van der Waals surface area contributed by atoms with Gasteiger partial charge in [-0.1, -0.05) is 35.0 Å². The molecule has 7 heteroatoms. The van der Waals surface area contributed by atoms with Crippen LogP contribution in [0.25, 0.3) is 0 Å². The zero-order valence-electron chi connectivity index (χ0n) is 11.6. The molecule has 2 aromatic rings. The lowest BCUT2D eigenvalue weighted by Crippen LogP contribution is -2.29. The number of nitrogens with zero attached hydrogens (tertiary/aromatic N) is 1. The predicted molar refractivity (Wildman–Crippen MR) is 82.6 cm³/mol. The van der Waals surface area contributed by atoms with Crippen molar-refractivity contribution in [1.29, 1.82) is 0 Å². The fourth-order valence-electron chi connectivity index (χ4n) is 1.67. The molecule has 0 spiro atoms. The number of anilines is 1.